The lowest BCUT2D eigenvalue weighted by Gasteiger charge is -1.63. The molecule has 44 valence electrons. The molecule has 7 heavy (non-hydrogen) atoms. The second-order valence-corrected chi connectivity index (χ2v) is 1.03. The lowest BCUT2D eigenvalue weighted by Crippen LogP contribution is -1.50. The number of alkyl halides is 1. The van der Waals surface area contributed by atoms with E-state index < -0.39 is 0 Å². The van der Waals surface area contributed by atoms with E-state index in [1.807, 2.05) is 32.9 Å². The van der Waals surface area contributed by atoms with Crippen LogP contribution in [0.3, 0.4) is 0 Å². The molecule has 0 amide bonds. The summed E-state index contributed by atoms with van der Waals surface area (Å²) in [6, 6.07) is 0. The van der Waals surface area contributed by atoms with Crippen LogP contribution in [0, 0.1) is 0 Å². The summed E-state index contributed by atoms with van der Waals surface area (Å²) in [6.07, 6.45) is 3.81. The summed E-state index contributed by atoms with van der Waals surface area (Å²) in [5.74, 6) is 0.635. The zero-order valence-electron chi connectivity index (χ0n) is 5.24. The minimum Gasteiger partial charge on any atom is -0.122 e. The quantitative estimate of drug-likeness (QED) is 0.369. The van der Waals surface area contributed by atoms with E-state index >= 15 is 0 Å². The molecule has 0 rings (SSSR count). The molecule has 0 heterocycles. The summed E-state index contributed by atoms with van der Waals surface area (Å²) in [6.45, 7) is 5.95. The Kier molecular flexibility index (Phi) is 24.0. The molecular formula is C6H13Cl. The fraction of sp³-hybridized carbons (Fsp3) is 0.667. The third kappa shape index (κ3) is 23.8. The van der Waals surface area contributed by atoms with Gasteiger partial charge in [-0.25, -0.2) is 0 Å². The van der Waals surface area contributed by atoms with Gasteiger partial charge in [0.2, 0.25) is 0 Å². The van der Waals surface area contributed by atoms with Crippen LogP contribution in [0.2, 0.25) is 0 Å². The van der Waals surface area contributed by atoms with Crippen LogP contribution in [0.4, 0.5) is 0 Å². The van der Waals surface area contributed by atoms with Crippen LogP contribution in [-0.4, -0.2) is 5.88 Å². The molecule has 0 aromatic carbocycles. The maximum absolute atomic E-state index is 5.21. The van der Waals surface area contributed by atoms with Gasteiger partial charge in [-0.2, -0.15) is 0 Å². The first-order valence-electron chi connectivity index (χ1n) is 2.59. The number of halogens is 1. The van der Waals surface area contributed by atoms with Gasteiger partial charge in [0.15, 0.2) is 0 Å². The molecule has 0 aliphatic heterocycles. The average Bonchev–Trinajstić information content (AvgIpc) is 1.75. The van der Waals surface area contributed by atoms with Crippen LogP contribution >= 0.6 is 11.6 Å². The lowest BCUT2D eigenvalue weighted by atomic mass is 10.6. The highest BCUT2D eigenvalue weighted by molar-refractivity contribution is 6.18. The van der Waals surface area contributed by atoms with E-state index in [4.69, 9.17) is 11.6 Å². The van der Waals surface area contributed by atoms with Crippen molar-refractivity contribution in [2.75, 3.05) is 5.88 Å². The van der Waals surface area contributed by atoms with E-state index in [1.165, 1.54) is 0 Å². The topological polar surface area (TPSA) is 0 Å². The molecule has 0 N–H and O–H groups in total. The highest BCUT2D eigenvalue weighted by atomic mass is 35.5. The van der Waals surface area contributed by atoms with Crippen molar-refractivity contribution in [3.05, 3.63) is 12.2 Å². The average molecular weight is 121 g/mol. The van der Waals surface area contributed by atoms with Crippen LogP contribution in [0.15, 0.2) is 12.2 Å². The standard InChI is InChI=1S/C4H7Cl.C2H6/c1-2-3-4-5;1-2/h2-3H,4H2,1H3;1-2H3. The Hall–Kier alpha value is 0.0300. The Morgan fingerprint density at radius 3 is 1.86 bits per heavy atom. The molecule has 1 heteroatoms. The number of hydrogen-bond donors (Lipinski definition) is 0. The van der Waals surface area contributed by atoms with E-state index in [0.717, 1.165) is 0 Å². The van der Waals surface area contributed by atoms with Gasteiger partial charge < -0.3 is 0 Å². The van der Waals surface area contributed by atoms with Crippen LogP contribution in [0.1, 0.15) is 20.8 Å². The molecule has 0 aliphatic rings. The van der Waals surface area contributed by atoms with Crippen LogP contribution in [-0.2, 0) is 0 Å². The predicted molar refractivity (Wildman–Crippen MR) is 36.9 cm³/mol. The third-order valence-electron chi connectivity index (χ3n) is 0.325. The van der Waals surface area contributed by atoms with Gasteiger partial charge in [-0.15, -0.1) is 11.6 Å². The molecule has 0 aromatic rings. The molecule has 0 radical (unpaired) electrons. The molecule has 0 fully saturated rings. The maximum Gasteiger partial charge on any atom is 0.0404 e. The maximum atomic E-state index is 5.21. The van der Waals surface area contributed by atoms with Gasteiger partial charge >= 0.3 is 0 Å². The summed E-state index contributed by atoms with van der Waals surface area (Å²) in [7, 11) is 0. The van der Waals surface area contributed by atoms with Gasteiger partial charge in [0.05, 0.1) is 0 Å². The summed E-state index contributed by atoms with van der Waals surface area (Å²) < 4.78 is 0. The van der Waals surface area contributed by atoms with E-state index in [9.17, 15) is 0 Å². The van der Waals surface area contributed by atoms with Crippen LogP contribution in [0.5, 0.6) is 0 Å². The molecule has 0 saturated carbocycles. The fourth-order valence-corrected chi connectivity index (χ4v) is 0.267. The second kappa shape index (κ2) is 16.6. The van der Waals surface area contributed by atoms with Crippen molar-refractivity contribution in [3.8, 4) is 0 Å². The first-order chi connectivity index (χ1) is 3.41. The van der Waals surface area contributed by atoms with Gasteiger partial charge in [-0.1, -0.05) is 26.0 Å². The SMILES string of the molecule is CC.CC=CCCl. The van der Waals surface area contributed by atoms with Gasteiger partial charge in [0.1, 0.15) is 0 Å². The molecule has 0 aromatic heterocycles. The number of allylic oxidation sites excluding steroid dienone is 2. The molecule has 0 unspecified atom stereocenters. The highest BCUT2D eigenvalue weighted by Gasteiger charge is 1.54. The first kappa shape index (κ1) is 10.1. The minimum absolute atomic E-state index is 0.635. The largest absolute Gasteiger partial charge is 0.122 e. The Bertz CT molecular complexity index is 31.2. The Morgan fingerprint density at radius 2 is 1.86 bits per heavy atom. The molecular weight excluding hydrogens is 108 g/mol. The van der Waals surface area contributed by atoms with Crippen LogP contribution in [0.25, 0.3) is 0 Å². The molecule has 0 aliphatic carbocycles. The molecule has 0 bridgehead atoms. The smallest absolute Gasteiger partial charge is 0.0404 e. The van der Waals surface area contributed by atoms with Crippen molar-refractivity contribution in [1.82, 2.24) is 0 Å². The van der Waals surface area contributed by atoms with Gasteiger partial charge in [-0.3, -0.25) is 0 Å². The third-order valence-corrected chi connectivity index (χ3v) is 0.503. The van der Waals surface area contributed by atoms with Crippen molar-refractivity contribution >= 4 is 11.6 Å². The van der Waals surface area contributed by atoms with Crippen molar-refractivity contribution in [3.63, 3.8) is 0 Å². The van der Waals surface area contributed by atoms with Crippen molar-refractivity contribution in [2.24, 2.45) is 0 Å². The Labute approximate surface area is 51.2 Å². The van der Waals surface area contributed by atoms with Gasteiger partial charge in [0.25, 0.3) is 0 Å². The lowest BCUT2D eigenvalue weighted by molar-refractivity contribution is 1.50. The zero-order chi connectivity index (χ0) is 6.12. The van der Waals surface area contributed by atoms with Gasteiger partial charge in [-0.05, 0) is 6.92 Å². The monoisotopic (exact) mass is 120 g/mol. The normalized spacial score (nSPS) is 8.00. The number of rotatable bonds is 1. The Morgan fingerprint density at radius 1 is 1.43 bits per heavy atom. The summed E-state index contributed by atoms with van der Waals surface area (Å²) in [4.78, 5) is 0. The number of hydrogen-bond acceptors (Lipinski definition) is 0. The van der Waals surface area contributed by atoms with E-state index in [0.29, 0.717) is 5.88 Å². The predicted octanol–water partition coefficient (Wildman–Crippen LogP) is 2.83. The molecule has 0 atom stereocenters. The van der Waals surface area contributed by atoms with E-state index in [1.54, 1.807) is 0 Å². The molecule has 0 spiro atoms. The molecule has 0 nitrogen and oxygen atoms in total. The summed E-state index contributed by atoms with van der Waals surface area (Å²) in [5, 5.41) is 0. The Balaban J connectivity index is 0. The first-order valence-corrected chi connectivity index (χ1v) is 3.12. The van der Waals surface area contributed by atoms with Gasteiger partial charge in [0, 0.05) is 5.88 Å². The van der Waals surface area contributed by atoms with E-state index in [-0.39, 0.29) is 0 Å². The summed E-state index contributed by atoms with van der Waals surface area (Å²) in [5.41, 5.74) is 0. The summed E-state index contributed by atoms with van der Waals surface area (Å²) >= 11 is 5.21. The minimum atomic E-state index is 0.635. The second-order valence-electron chi connectivity index (χ2n) is 0.723. The highest BCUT2D eigenvalue weighted by Crippen LogP contribution is 1.73. The van der Waals surface area contributed by atoms with Crippen LogP contribution < -0.4 is 0 Å². The zero-order valence-corrected chi connectivity index (χ0v) is 6.00. The van der Waals surface area contributed by atoms with E-state index in [2.05, 4.69) is 0 Å². The van der Waals surface area contributed by atoms with Crippen molar-refractivity contribution < 1.29 is 0 Å². The fourth-order valence-electron chi connectivity index (χ4n) is 0.0891. The van der Waals surface area contributed by atoms with Crippen molar-refractivity contribution in [2.45, 2.75) is 20.8 Å². The van der Waals surface area contributed by atoms with Crippen molar-refractivity contribution in [1.29, 1.82) is 0 Å². The molecule has 0 saturated heterocycles.